The van der Waals surface area contributed by atoms with Crippen molar-refractivity contribution in [1.82, 2.24) is 4.90 Å². The molecule has 1 aromatic carbocycles. The summed E-state index contributed by atoms with van der Waals surface area (Å²) in [6.07, 6.45) is 0.491. The van der Waals surface area contributed by atoms with E-state index >= 15 is 0 Å². The molecule has 1 rings (SSSR count). The highest BCUT2D eigenvalue weighted by Crippen LogP contribution is 2.13. The Labute approximate surface area is 119 Å². The minimum atomic E-state index is -0.952. The Morgan fingerprint density at radius 3 is 2.45 bits per heavy atom. The molecule has 110 valence electrons. The molecule has 0 fully saturated rings. The molecule has 1 aromatic rings. The van der Waals surface area contributed by atoms with Crippen molar-refractivity contribution < 1.29 is 19.4 Å². The summed E-state index contributed by atoms with van der Waals surface area (Å²) in [5.41, 5.74) is 0.121. The second kappa shape index (κ2) is 6.52. The fourth-order valence-corrected chi connectivity index (χ4v) is 1.88. The van der Waals surface area contributed by atoms with Crippen molar-refractivity contribution in [2.24, 2.45) is 0 Å². The molecule has 0 aliphatic carbocycles. The largest absolute Gasteiger partial charge is 0.478 e. The number of hydrogen-bond donors (Lipinski definition) is 1. The number of carboxylic acids is 1. The van der Waals surface area contributed by atoms with E-state index in [2.05, 4.69) is 0 Å². The Morgan fingerprint density at radius 2 is 1.90 bits per heavy atom. The number of benzene rings is 1. The fourth-order valence-electron chi connectivity index (χ4n) is 1.88. The van der Waals surface area contributed by atoms with Gasteiger partial charge in [-0.3, -0.25) is 4.79 Å². The molecule has 0 radical (unpaired) electrons. The Hall–Kier alpha value is -1.88. The average Bonchev–Trinajstić information content (AvgIpc) is 2.43. The quantitative estimate of drug-likeness (QED) is 0.862. The van der Waals surface area contributed by atoms with Gasteiger partial charge in [-0.15, -0.1) is 0 Å². The van der Waals surface area contributed by atoms with Crippen LogP contribution in [0.1, 0.15) is 29.8 Å². The van der Waals surface area contributed by atoms with Gasteiger partial charge >= 0.3 is 5.97 Å². The van der Waals surface area contributed by atoms with Crippen LogP contribution in [0.4, 0.5) is 0 Å². The van der Waals surface area contributed by atoms with Crippen LogP contribution in [0.25, 0.3) is 0 Å². The summed E-state index contributed by atoms with van der Waals surface area (Å²) in [5, 5.41) is 9.11. The van der Waals surface area contributed by atoms with E-state index in [0.717, 1.165) is 5.56 Å². The Morgan fingerprint density at radius 1 is 1.30 bits per heavy atom. The van der Waals surface area contributed by atoms with Gasteiger partial charge in [0.2, 0.25) is 0 Å². The van der Waals surface area contributed by atoms with Gasteiger partial charge in [0, 0.05) is 20.7 Å². The van der Waals surface area contributed by atoms with Gasteiger partial charge in [0.25, 0.3) is 5.91 Å². The molecule has 0 atom stereocenters. The summed E-state index contributed by atoms with van der Waals surface area (Å²) >= 11 is 0. The van der Waals surface area contributed by atoms with E-state index in [4.69, 9.17) is 9.84 Å². The number of carbonyl (C=O) groups excluding carboxylic acids is 1. The minimum Gasteiger partial charge on any atom is -0.478 e. The van der Waals surface area contributed by atoms with Gasteiger partial charge in [0.05, 0.1) is 5.56 Å². The Balaban J connectivity index is 2.73. The molecule has 1 amide bonds. The number of ether oxygens (including phenoxy) is 1. The predicted octanol–water partition coefficient (Wildman–Crippen LogP) is 1.81. The molecule has 0 saturated carbocycles. The van der Waals surface area contributed by atoms with E-state index in [1.165, 1.54) is 7.11 Å². The number of nitrogens with zero attached hydrogens (tertiary/aromatic N) is 1. The summed E-state index contributed by atoms with van der Waals surface area (Å²) in [7, 11) is 3.18. The van der Waals surface area contributed by atoms with Crippen LogP contribution in [0.15, 0.2) is 24.3 Å². The molecule has 0 saturated heterocycles. The summed E-state index contributed by atoms with van der Waals surface area (Å²) in [6.45, 7) is 3.85. The lowest BCUT2D eigenvalue weighted by Gasteiger charge is -2.28. The van der Waals surface area contributed by atoms with E-state index in [9.17, 15) is 9.59 Å². The maximum Gasteiger partial charge on any atom is 0.335 e. The van der Waals surface area contributed by atoms with Crippen LogP contribution < -0.4 is 0 Å². The van der Waals surface area contributed by atoms with E-state index in [0.29, 0.717) is 13.0 Å². The van der Waals surface area contributed by atoms with Crippen LogP contribution in [-0.4, -0.2) is 48.2 Å². The maximum atomic E-state index is 12.1. The highest BCUT2D eigenvalue weighted by atomic mass is 16.5. The van der Waals surface area contributed by atoms with Crippen molar-refractivity contribution in [3.8, 4) is 0 Å². The molecule has 0 aliphatic heterocycles. The van der Waals surface area contributed by atoms with Crippen molar-refractivity contribution in [2.75, 3.05) is 20.7 Å². The zero-order chi connectivity index (χ0) is 15.3. The maximum absolute atomic E-state index is 12.1. The third-order valence-corrected chi connectivity index (χ3v) is 3.34. The fraction of sp³-hybridized carbons (Fsp3) is 0.467. The highest BCUT2D eigenvalue weighted by Gasteiger charge is 2.29. The number of aromatic carboxylic acids is 1. The zero-order valence-electron chi connectivity index (χ0n) is 12.3. The third-order valence-electron chi connectivity index (χ3n) is 3.34. The first kappa shape index (κ1) is 16.2. The smallest absolute Gasteiger partial charge is 0.335 e. The van der Waals surface area contributed by atoms with Gasteiger partial charge in [-0.1, -0.05) is 18.2 Å². The number of carbonyl (C=O) groups is 2. The van der Waals surface area contributed by atoms with Gasteiger partial charge in [-0.25, -0.2) is 4.79 Å². The van der Waals surface area contributed by atoms with E-state index in [1.807, 2.05) is 0 Å². The first-order valence-corrected chi connectivity index (χ1v) is 6.41. The Kier molecular flexibility index (Phi) is 5.27. The SMILES string of the molecule is COC(C)(C)C(=O)N(C)CCc1ccccc1C(=O)O. The molecule has 0 spiro atoms. The van der Waals surface area contributed by atoms with Crippen molar-refractivity contribution >= 4 is 11.9 Å². The normalized spacial score (nSPS) is 11.2. The first-order valence-electron chi connectivity index (χ1n) is 6.41. The summed E-state index contributed by atoms with van der Waals surface area (Å²) < 4.78 is 5.15. The van der Waals surface area contributed by atoms with Gasteiger partial charge in [0.15, 0.2) is 0 Å². The monoisotopic (exact) mass is 279 g/mol. The second-order valence-electron chi connectivity index (χ2n) is 5.15. The second-order valence-corrected chi connectivity index (χ2v) is 5.15. The Bertz CT molecular complexity index is 496. The molecule has 1 N–H and O–H groups in total. The minimum absolute atomic E-state index is 0.132. The lowest BCUT2D eigenvalue weighted by atomic mass is 10.0. The summed E-state index contributed by atoms with van der Waals surface area (Å²) in [5.74, 6) is -1.08. The molecular formula is C15H21NO4. The first-order chi connectivity index (χ1) is 9.29. The van der Waals surface area contributed by atoms with Crippen LogP contribution in [-0.2, 0) is 16.0 Å². The van der Waals surface area contributed by atoms with Crippen molar-refractivity contribution in [3.05, 3.63) is 35.4 Å². The number of amides is 1. The van der Waals surface area contributed by atoms with Crippen LogP contribution in [0.5, 0.6) is 0 Å². The van der Waals surface area contributed by atoms with Crippen LogP contribution in [0, 0.1) is 0 Å². The molecule has 5 heteroatoms. The lowest BCUT2D eigenvalue weighted by molar-refractivity contribution is -0.149. The van der Waals surface area contributed by atoms with Gasteiger partial charge in [0.1, 0.15) is 5.60 Å². The van der Waals surface area contributed by atoms with E-state index < -0.39 is 11.6 Å². The topological polar surface area (TPSA) is 66.8 Å². The predicted molar refractivity (Wildman–Crippen MR) is 75.8 cm³/mol. The number of rotatable bonds is 6. The highest BCUT2D eigenvalue weighted by molar-refractivity contribution is 5.89. The van der Waals surface area contributed by atoms with Crippen LogP contribution >= 0.6 is 0 Å². The molecule has 20 heavy (non-hydrogen) atoms. The number of hydrogen-bond acceptors (Lipinski definition) is 3. The third kappa shape index (κ3) is 3.81. The zero-order valence-corrected chi connectivity index (χ0v) is 12.3. The number of methoxy groups -OCH3 is 1. The van der Waals surface area contributed by atoms with Crippen LogP contribution in [0.3, 0.4) is 0 Å². The van der Waals surface area contributed by atoms with Crippen LogP contribution in [0.2, 0.25) is 0 Å². The van der Waals surface area contributed by atoms with Gasteiger partial charge in [-0.05, 0) is 31.9 Å². The van der Waals surface area contributed by atoms with E-state index in [-0.39, 0.29) is 11.5 Å². The van der Waals surface area contributed by atoms with Crippen molar-refractivity contribution in [2.45, 2.75) is 25.9 Å². The molecule has 0 unspecified atom stereocenters. The lowest BCUT2D eigenvalue weighted by Crippen LogP contribution is -2.45. The molecule has 0 bridgehead atoms. The van der Waals surface area contributed by atoms with Gasteiger partial charge in [-0.2, -0.15) is 0 Å². The molecular weight excluding hydrogens is 258 g/mol. The summed E-state index contributed by atoms with van der Waals surface area (Å²) in [6, 6.07) is 6.82. The van der Waals surface area contributed by atoms with Crippen molar-refractivity contribution in [3.63, 3.8) is 0 Å². The molecule has 0 aromatic heterocycles. The van der Waals surface area contributed by atoms with Gasteiger partial charge < -0.3 is 14.7 Å². The summed E-state index contributed by atoms with van der Waals surface area (Å²) in [4.78, 5) is 24.8. The van der Waals surface area contributed by atoms with Crippen molar-refractivity contribution in [1.29, 1.82) is 0 Å². The average molecular weight is 279 g/mol. The van der Waals surface area contributed by atoms with E-state index in [1.54, 1.807) is 50.1 Å². The number of likely N-dealkylation sites (N-methyl/N-ethyl adjacent to an activating group) is 1. The number of carboxylic acid groups (broad SMARTS) is 1. The molecule has 0 heterocycles. The molecule has 5 nitrogen and oxygen atoms in total. The molecule has 0 aliphatic rings. The standard InChI is InChI=1S/C15H21NO4/c1-15(2,20-4)14(19)16(3)10-9-11-7-5-6-8-12(11)13(17)18/h5-8H,9-10H2,1-4H3,(H,17,18).